The summed E-state index contributed by atoms with van der Waals surface area (Å²) in [6.07, 6.45) is 4.97. The van der Waals surface area contributed by atoms with Crippen LogP contribution in [0.25, 0.3) is 0 Å². The highest BCUT2D eigenvalue weighted by molar-refractivity contribution is 5.45. The van der Waals surface area contributed by atoms with Gasteiger partial charge in [-0.25, -0.2) is 0 Å². The summed E-state index contributed by atoms with van der Waals surface area (Å²) in [5, 5.41) is 13.9. The van der Waals surface area contributed by atoms with Crippen molar-refractivity contribution >= 4 is 0 Å². The average Bonchev–Trinajstić information content (AvgIpc) is 3.19. The molecule has 0 saturated heterocycles. The number of aliphatic hydroxyl groups is 1. The van der Waals surface area contributed by atoms with E-state index >= 15 is 0 Å². The van der Waals surface area contributed by atoms with Gasteiger partial charge >= 0.3 is 0 Å². The Morgan fingerprint density at radius 1 is 1.20 bits per heavy atom. The van der Waals surface area contributed by atoms with E-state index in [-0.39, 0.29) is 6.79 Å². The van der Waals surface area contributed by atoms with Gasteiger partial charge < -0.3 is 19.9 Å². The normalized spacial score (nSPS) is 31.8. The molecule has 20 heavy (non-hydrogen) atoms. The fourth-order valence-corrected chi connectivity index (χ4v) is 4.00. The minimum atomic E-state index is -0.483. The van der Waals surface area contributed by atoms with Crippen LogP contribution < -0.4 is 14.8 Å². The van der Waals surface area contributed by atoms with Crippen molar-refractivity contribution in [3.63, 3.8) is 0 Å². The highest BCUT2D eigenvalue weighted by Gasteiger charge is 2.39. The van der Waals surface area contributed by atoms with Crippen molar-refractivity contribution in [2.45, 2.75) is 37.8 Å². The van der Waals surface area contributed by atoms with Gasteiger partial charge in [0.1, 0.15) is 0 Å². The molecule has 2 saturated carbocycles. The van der Waals surface area contributed by atoms with E-state index in [1.165, 1.54) is 25.7 Å². The van der Waals surface area contributed by atoms with E-state index < -0.39 is 6.10 Å². The molecule has 4 heteroatoms. The van der Waals surface area contributed by atoms with Crippen molar-refractivity contribution in [2.24, 2.45) is 11.8 Å². The summed E-state index contributed by atoms with van der Waals surface area (Å²) in [7, 11) is 0. The highest BCUT2D eigenvalue weighted by atomic mass is 16.7. The molecule has 0 aromatic heterocycles. The van der Waals surface area contributed by atoms with Crippen LogP contribution in [0.4, 0.5) is 0 Å². The van der Waals surface area contributed by atoms with Gasteiger partial charge in [0.15, 0.2) is 11.5 Å². The van der Waals surface area contributed by atoms with Crippen molar-refractivity contribution in [2.75, 3.05) is 13.3 Å². The van der Waals surface area contributed by atoms with Crippen LogP contribution >= 0.6 is 0 Å². The number of aliphatic hydroxyl groups excluding tert-OH is 1. The van der Waals surface area contributed by atoms with E-state index in [9.17, 15) is 5.11 Å². The van der Waals surface area contributed by atoms with Crippen LogP contribution in [-0.4, -0.2) is 24.5 Å². The summed E-state index contributed by atoms with van der Waals surface area (Å²) in [5.74, 6) is 3.27. The molecule has 4 rings (SSSR count). The third kappa shape index (κ3) is 2.17. The lowest BCUT2D eigenvalue weighted by Crippen LogP contribution is -2.36. The van der Waals surface area contributed by atoms with Gasteiger partial charge in [-0.05, 0) is 48.8 Å². The topological polar surface area (TPSA) is 50.7 Å². The number of nitrogens with one attached hydrogen (secondary N) is 1. The Morgan fingerprint density at radius 2 is 2.10 bits per heavy atom. The highest BCUT2D eigenvalue weighted by Crippen LogP contribution is 2.44. The van der Waals surface area contributed by atoms with Crippen molar-refractivity contribution in [3.05, 3.63) is 23.8 Å². The van der Waals surface area contributed by atoms with Gasteiger partial charge in [0.25, 0.3) is 0 Å². The molecule has 108 valence electrons. The van der Waals surface area contributed by atoms with Gasteiger partial charge in [-0.3, -0.25) is 0 Å². The number of ether oxygens (including phenoxy) is 2. The van der Waals surface area contributed by atoms with Gasteiger partial charge in [0.05, 0.1) is 6.10 Å². The predicted octanol–water partition coefficient (Wildman–Crippen LogP) is 2.23. The number of benzene rings is 1. The molecular formula is C16H21NO3. The van der Waals surface area contributed by atoms with Crippen LogP contribution in [-0.2, 0) is 0 Å². The Morgan fingerprint density at radius 3 is 2.90 bits per heavy atom. The van der Waals surface area contributed by atoms with E-state index in [1.54, 1.807) is 0 Å². The molecule has 3 aliphatic rings. The largest absolute Gasteiger partial charge is 0.454 e. The van der Waals surface area contributed by atoms with Crippen LogP contribution in [0, 0.1) is 11.8 Å². The lowest BCUT2D eigenvalue weighted by atomic mass is 9.95. The van der Waals surface area contributed by atoms with E-state index in [0.29, 0.717) is 12.6 Å². The maximum atomic E-state index is 10.3. The maximum Gasteiger partial charge on any atom is 0.231 e. The zero-order valence-electron chi connectivity index (χ0n) is 11.5. The van der Waals surface area contributed by atoms with Crippen LogP contribution in [0.5, 0.6) is 11.5 Å². The Bertz CT molecular complexity index is 504. The summed E-state index contributed by atoms with van der Waals surface area (Å²) in [6.45, 7) is 0.895. The summed E-state index contributed by atoms with van der Waals surface area (Å²) >= 11 is 0. The fraction of sp³-hybridized carbons (Fsp3) is 0.625. The van der Waals surface area contributed by atoms with E-state index in [1.807, 2.05) is 18.2 Å². The number of hydrogen-bond acceptors (Lipinski definition) is 4. The quantitative estimate of drug-likeness (QED) is 0.884. The summed E-state index contributed by atoms with van der Waals surface area (Å²) in [4.78, 5) is 0. The molecule has 0 amide bonds. The molecule has 0 radical (unpaired) electrons. The molecule has 4 atom stereocenters. The first-order valence-corrected chi connectivity index (χ1v) is 7.60. The lowest BCUT2D eigenvalue weighted by Gasteiger charge is -2.24. The van der Waals surface area contributed by atoms with Crippen molar-refractivity contribution < 1.29 is 14.6 Å². The van der Waals surface area contributed by atoms with Gasteiger partial charge in [-0.2, -0.15) is 0 Å². The molecular weight excluding hydrogens is 254 g/mol. The lowest BCUT2D eigenvalue weighted by molar-refractivity contribution is 0.162. The van der Waals surface area contributed by atoms with E-state index in [0.717, 1.165) is 28.9 Å². The zero-order chi connectivity index (χ0) is 13.5. The summed E-state index contributed by atoms with van der Waals surface area (Å²) in [5.41, 5.74) is 0.893. The Balaban J connectivity index is 1.37. The average molecular weight is 275 g/mol. The standard InChI is InChI=1S/C16H21NO3/c18-14(8-17-13-6-10-1-2-11(13)5-10)12-3-4-15-16(7-12)20-9-19-15/h3-4,7,10-11,13-14,17-18H,1-2,5-6,8-9H2. The second-order valence-electron chi connectivity index (χ2n) is 6.32. The molecule has 2 bridgehead atoms. The van der Waals surface area contributed by atoms with Crippen LogP contribution in [0.2, 0.25) is 0 Å². The van der Waals surface area contributed by atoms with Gasteiger partial charge in [0, 0.05) is 12.6 Å². The van der Waals surface area contributed by atoms with E-state index in [2.05, 4.69) is 5.32 Å². The van der Waals surface area contributed by atoms with Gasteiger partial charge in [-0.15, -0.1) is 0 Å². The minimum Gasteiger partial charge on any atom is -0.454 e. The maximum absolute atomic E-state index is 10.3. The number of rotatable bonds is 4. The number of fused-ring (bicyclic) bond motifs is 3. The van der Waals surface area contributed by atoms with Gasteiger partial charge in [-0.1, -0.05) is 12.5 Å². The van der Waals surface area contributed by atoms with Gasteiger partial charge in [0.2, 0.25) is 6.79 Å². The first-order valence-electron chi connectivity index (χ1n) is 7.60. The fourth-order valence-electron chi connectivity index (χ4n) is 4.00. The molecule has 1 heterocycles. The first-order chi connectivity index (χ1) is 9.79. The summed E-state index contributed by atoms with van der Waals surface area (Å²) < 4.78 is 10.6. The zero-order valence-corrected chi connectivity index (χ0v) is 11.5. The first kappa shape index (κ1) is 12.5. The molecule has 0 spiro atoms. The minimum absolute atomic E-state index is 0.276. The Labute approximate surface area is 119 Å². The van der Waals surface area contributed by atoms with Crippen LogP contribution in [0.3, 0.4) is 0 Å². The molecule has 2 fully saturated rings. The number of hydrogen-bond donors (Lipinski definition) is 2. The molecule has 4 unspecified atom stereocenters. The van der Waals surface area contributed by atoms with Crippen molar-refractivity contribution in [1.82, 2.24) is 5.32 Å². The van der Waals surface area contributed by atoms with Crippen molar-refractivity contribution in [3.8, 4) is 11.5 Å². The van der Waals surface area contributed by atoms with Crippen LogP contribution in [0.1, 0.15) is 37.4 Å². The molecule has 2 aliphatic carbocycles. The summed E-state index contributed by atoms with van der Waals surface area (Å²) in [6, 6.07) is 6.28. The van der Waals surface area contributed by atoms with Crippen molar-refractivity contribution in [1.29, 1.82) is 0 Å². The molecule has 1 aliphatic heterocycles. The second-order valence-corrected chi connectivity index (χ2v) is 6.32. The Hall–Kier alpha value is -1.26. The molecule has 4 nitrogen and oxygen atoms in total. The third-order valence-electron chi connectivity index (χ3n) is 5.09. The van der Waals surface area contributed by atoms with Crippen LogP contribution in [0.15, 0.2) is 18.2 Å². The monoisotopic (exact) mass is 275 g/mol. The molecule has 2 N–H and O–H groups in total. The smallest absolute Gasteiger partial charge is 0.231 e. The SMILES string of the molecule is OC(CNC1CC2CCC1C2)c1ccc2c(c1)OCO2. The molecule has 1 aromatic carbocycles. The predicted molar refractivity (Wildman–Crippen MR) is 74.8 cm³/mol. The molecule has 1 aromatic rings. The third-order valence-corrected chi connectivity index (χ3v) is 5.09. The van der Waals surface area contributed by atoms with E-state index in [4.69, 9.17) is 9.47 Å². The Kier molecular flexibility index (Phi) is 3.08. The second kappa shape index (κ2) is 4.93.